The number of benzene rings is 1. The maximum absolute atomic E-state index is 6.42. The summed E-state index contributed by atoms with van der Waals surface area (Å²) in [6.07, 6.45) is 5.34. The van der Waals surface area contributed by atoms with E-state index in [-0.39, 0.29) is 6.04 Å². The van der Waals surface area contributed by atoms with Crippen LogP contribution < -0.4 is 5.73 Å². The van der Waals surface area contributed by atoms with Gasteiger partial charge in [-0.1, -0.05) is 31.0 Å². The Morgan fingerprint density at radius 3 is 2.75 bits per heavy atom. The highest BCUT2D eigenvalue weighted by atomic mass is 32.1. The molecule has 0 radical (unpaired) electrons. The SMILES string of the molecule is N[C@H](c1csc2ccccc12)C1CCCC1. The first-order valence-corrected chi connectivity index (χ1v) is 6.96. The van der Waals surface area contributed by atoms with Crippen molar-refractivity contribution in [1.82, 2.24) is 0 Å². The topological polar surface area (TPSA) is 26.0 Å². The van der Waals surface area contributed by atoms with Crippen LogP contribution in [0.4, 0.5) is 0 Å². The predicted molar refractivity (Wildman–Crippen MR) is 70.7 cm³/mol. The summed E-state index contributed by atoms with van der Waals surface area (Å²) in [7, 11) is 0. The zero-order valence-corrected chi connectivity index (χ0v) is 10.2. The van der Waals surface area contributed by atoms with Crippen LogP contribution >= 0.6 is 11.3 Å². The summed E-state index contributed by atoms with van der Waals surface area (Å²) < 4.78 is 1.37. The number of thiophene rings is 1. The van der Waals surface area contributed by atoms with Crippen molar-refractivity contribution in [2.45, 2.75) is 31.7 Å². The van der Waals surface area contributed by atoms with Gasteiger partial charge in [0.05, 0.1) is 0 Å². The molecular formula is C14H17NS. The van der Waals surface area contributed by atoms with E-state index in [1.165, 1.54) is 41.3 Å². The molecule has 1 heterocycles. The van der Waals surface area contributed by atoms with Crippen molar-refractivity contribution in [2.24, 2.45) is 11.7 Å². The van der Waals surface area contributed by atoms with Crippen molar-refractivity contribution in [1.29, 1.82) is 0 Å². The van der Waals surface area contributed by atoms with Crippen molar-refractivity contribution >= 4 is 21.4 Å². The van der Waals surface area contributed by atoms with E-state index in [1.54, 1.807) is 0 Å². The molecule has 84 valence electrons. The molecule has 2 aromatic rings. The number of hydrogen-bond acceptors (Lipinski definition) is 2. The fourth-order valence-corrected chi connectivity index (χ4v) is 3.83. The van der Waals surface area contributed by atoms with E-state index < -0.39 is 0 Å². The minimum atomic E-state index is 0.249. The van der Waals surface area contributed by atoms with Gasteiger partial charge in [0.1, 0.15) is 0 Å². The smallest absolute Gasteiger partial charge is 0.0346 e. The molecule has 1 fully saturated rings. The summed E-state index contributed by atoms with van der Waals surface area (Å²) in [6.45, 7) is 0. The molecule has 0 saturated heterocycles. The molecule has 0 amide bonds. The number of nitrogens with two attached hydrogens (primary N) is 1. The molecule has 2 heteroatoms. The van der Waals surface area contributed by atoms with E-state index in [9.17, 15) is 0 Å². The Bertz CT molecular complexity index is 482. The van der Waals surface area contributed by atoms with Gasteiger partial charge in [0.25, 0.3) is 0 Å². The van der Waals surface area contributed by atoms with Gasteiger partial charge in [-0.3, -0.25) is 0 Å². The lowest BCUT2D eigenvalue weighted by atomic mass is 9.92. The third-order valence-corrected chi connectivity index (χ3v) is 4.76. The van der Waals surface area contributed by atoms with Crippen molar-refractivity contribution in [3.63, 3.8) is 0 Å². The van der Waals surface area contributed by atoms with Crippen LogP contribution in [-0.4, -0.2) is 0 Å². The lowest BCUT2D eigenvalue weighted by Crippen LogP contribution is -2.18. The van der Waals surface area contributed by atoms with Crippen LogP contribution in [0.25, 0.3) is 10.1 Å². The number of hydrogen-bond donors (Lipinski definition) is 1. The van der Waals surface area contributed by atoms with Gasteiger partial charge in [-0.25, -0.2) is 0 Å². The molecule has 1 nitrogen and oxygen atoms in total. The van der Waals surface area contributed by atoms with Gasteiger partial charge >= 0.3 is 0 Å². The Morgan fingerprint density at radius 1 is 1.19 bits per heavy atom. The summed E-state index contributed by atoms with van der Waals surface area (Å²) in [5.74, 6) is 0.706. The minimum absolute atomic E-state index is 0.249. The summed E-state index contributed by atoms with van der Waals surface area (Å²) in [5.41, 5.74) is 7.79. The Balaban J connectivity index is 1.98. The fourth-order valence-electron chi connectivity index (χ4n) is 2.83. The molecular weight excluding hydrogens is 214 g/mol. The molecule has 16 heavy (non-hydrogen) atoms. The van der Waals surface area contributed by atoms with Crippen LogP contribution in [0.1, 0.15) is 37.3 Å². The van der Waals surface area contributed by atoms with Crippen LogP contribution in [0, 0.1) is 5.92 Å². The first kappa shape index (κ1) is 10.3. The average molecular weight is 231 g/mol. The first-order valence-electron chi connectivity index (χ1n) is 6.08. The van der Waals surface area contributed by atoms with Crippen LogP contribution in [0.3, 0.4) is 0 Å². The number of fused-ring (bicyclic) bond motifs is 1. The largest absolute Gasteiger partial charge is 0.324 e. The van der Waals surface area contributed by atoms with E-state index in [1.807, 2.05) is 11.3 Å². The highest BCUT2D eigenvalue weighted by Crippen LogP contribution is 2.38. The number of rotatable bonds is 2. The summed E-state index contributed by atoms with van der Waals surface area (Å²) in [6, 6.07) is 8.85. The van der Waals surface area contributed by atoms with E-state index >= 15 is 0 Å². The van der Waals surface area contributed by atoms with Crippen molar-refractivity contribution in [3.05, 3.63) is 35.2 Å². The van der Waals surface area contributed by atoms with Crippen LogP contribution in [0.2, 0.25) is 0 Å². The maximum atomic E-state index is 6.42. The lowest BCUT2D eigenvalue weighted by molar-refractivity contribution is 0.448. The molecule has 1 aliphatic carbocycles. The van der Waals surface area contributed by atoms with Crippen molar-refractivity contribution < 1.29 is 0 Å². The third kappa shape index (κ3) is 1.66. The molecule has 2 N–H and O–H groups in total. The van der Waals surface area contributed by atoms with Gasteiger partial charge in [0.2, 0.25) is 0 Å². The first-order chi connectivity index (χ1) is 7.86. The Hall–Kier alpha value is -0.860. The highest BCUT2D eigenvalue weighted by Gasteiger charge is 2.24. The van der Waals surface area contributed by atoms with E-state index in [0.717, 1.165) is 0 Å². The van der Waals surface area contributed by atoms with Crippen molar-refractivity contribution in [3.8, 4) is 0 Å². The highest BCUT2D eigenvalue weighted by molar-refractivity contribution is 7.17. The van der Waals surface area contributed by atoms with Gasteiger partial charge in [-0.05, 0) is 41.2 Å². The predicted octanol–water partition coefficient (Wildman–Crippen LogP) is 4.09. The molecule has 3 rings (SSSR count). The summed E-state index contributed by atoms with van der Waals surface area (Å²) in [5, 5.41) is 3.63. The van der Waals surface area contributed by atoms with Gasteiger partial charge in [0.15, 0.2) is 0 Å². The second kappa shape index (κ2) is 4.19. The standard InChI is InChI=1S/C14H17NS/c15-14(10-5-1-2-6-10)12-9-16-13-8-4-3-7-11(12)13/h3-4,7-10,14H,1-2,5-6,15H2/t14-/m0/s1. The molecule has 1 aliphatic rings. The van der Waals surface area contributed by atoms with E-state index in [2.05, 4.69) is 29.6 Å². The van der Waals surface area contributed by atoms with Crippen LogP contribution in [0.15, 0.2) is 29.6 Å². The van der Waals surface area contributed by atoms with Crippen molar-refractivity contribution in [2.75, 3.05) is 0 Å². The van der Waals surface area contributed by atoms with E-state index in [4.69, 9.17) is 5.73 Å². The second-order valence-electron chi connectivity index (χ2n) is 4.76. The third-order valence-electron chi connectivity index (χ3n) is 3.78. The zero-order chi connectivity index (χ0) is 11.0. The molecule has 1 atom stereocenters. The van der Waals surface area contributed by atoms with Gasteiger partial charge in [0, 0.05) is 10.7 Å². The molecule has 0 aliphatic heterocycles. The monoisotopic (exact) mass is 231 g/mol. The molecule has 0 bridgehead atoms. The normalized spacial score (nSPS) is 19.3. The molecule has 1 aromatic carbocycles. The Kier molecular flexibility index (Phi) is 2.70. The molecule has 0 unspecified atom stereocenters. The zero-order valence-electron chi connectivity index (χ0n) is 9.36. The Morgan fingerprint density at radius 2 is 1.94 bits per heavy atom. The summed E-state index contributed by atoms with van der Waals surface area (Å²) >= 11 is 1.82. The quantitative estimate of drug-likeness (QED) is 0.827. The minimum Gasteiger partial charge on any atom is -0.324 e. The maximum Gasteiger partial charge on any atom is 0.0346 e. The van der Waals surface area contributed by atoms with Crippen LogP contribution in [0.5, 0.6) is 0 Å². The molecule has 0 spiro atoms. The fraction of sp³-hybridized carbons (Fsp3) is 0.429. The molecule has 1 saturated carbocycles. The van der Waals surface area contributed by atoms with Gasteiger partial charge in [-0.2, -0.15) is 0 Å². The average Bonchev–Trinajstić information content (AvgIpc) is 2.98. The lowest BCUT2D eigenvalue weighted by Gasteiger charge is -2.18. The van der Waals surface area contributed by atoms with E-state index in [0.29, 0.717) is 5.92 Å². The van der Waals surface area contributed by atoms with Crippen LogP contribution in [-0.2, 0) is 0 Å². The summed E-state index contributed by atoms with van der Waals surface area (Å²) in [4.78, 5) is 0. The van der Waals surface area contributed by atoms with Gasteiger partial charge in [-0.15, -0.1) is 11.3 Å². The Labute approximate surface area is 100 Å². The van der Waals surface area contributed by atoms with Gasteiger partial charge < -0.3 is 5.73 Å². The molecule has 1 aromatic heterocycles. The second-order valence-corrected chi connectivity index (χ2v) is 5.67.